The maximum absolute atomic E-state index is 12.8. The molecule has 0 bridgehead atoms. The molecule has 4 nitrogen and oxygen atoms in total. The van der Waals surface area contributed by atoms with Gasteiger partial charge < -0.3 is 14.1 Å². The molecule has 0 radical (unpaired) electrons. The largest absolute Gasteiger partial charge is 0.458 e. The van der Waals surface area contributed by atoms with Crippen LogP contribution in [0.3, 0.4) is 0 Å². The van der Waals surface area contributed by atoms with Gasteiger partial charge in [-0.25, -0.2) is 0 Å². The summed E-state index contributed by atoms with van der Waals surface area (Å²) in [4.78, 5) is 15.9. The Morgan fingerprint density at radius 2 is 1.81 bits per heavy atom. The van der Waals surface area contributed by atoms with E-state index < -0.39 is 6.10 Å². The number of H-pyrrole nitrogens is 1. The van der Waals surface area contributed by atoms with Crippen LogP contribution in [-0.4, -0.2) is 16.9 Å². The fourth-order valence-electron chi connectivity index (χ4n) is 3.27. The second-order valence-corrected chi connectivity index (χ2v) is 6.68. The van der Waals surface area contributed by atoms with E-state index in [1.54, 1.807) is 6.20 Å². The first-order valence-electron chi connectivity index (χ1n) is 8.33. The van der Waals surface area contributed by atoms with Crippen LogP contribution in [0.2, 0.25) is 5.02 Å². The Balaban J connectivity index is 1.39. The Morgan fingerprint density at radius 1 is 1.00 bits per heavy atom. The van der Waals surface area contributed by atoms with Crippen molar-refractivity contribution in [2.45, 2.75) is 12.2 Å². The molecule has 3 heterocycles. The van der Waals surface area contributed by atoms with Crippen LogP contribution in [0, 0.1) is 0 Å². The zero-order valence-electron chi connectivity index (χ0n) is 13.6. The molecule has 26 heavy (non-hydrogen) atoms. The Hall–Kier alpha value is -2.82. The molecule has 5 rings (SSSR count). The molecule has 0 saturated carbocycles. The normalized spacial score (nSPS) is 19.0. The van der Waals surface area contributed by atoms with Crippen LogP contribution in [0.15, 0.2) is 71.3 Å². The van der Waals surface area contributed by atoms with Crippen molar-refractivity contribution in [3.8, 4) is 11.3 Å². The second kappa shape index (κ2) is 5.87. The molecule has 5 heteroatoms. The number of carbonyl (C=O) groups is 1. The number of rotatable bonds is 4. The first kappa shape index (κ1) is 15.4. The number of benzene rings is 2. The number of aromatic amines is 1. The van der Waals surface area contributed by atoms with Gasteiger partial charge in [0.15, 0.2) is 11.9 Å². The van der Waals surface area contributed by atoms with Gasteiger partial charge in [0.2, 0.25) is 0 Å². The molecule has 1 saturated heterocycles. The average molecular weight is 364 g/mol. The summed E-state index contributed by atoms with van der Waals surface area (Å²) in [5.74, 6) is 1.26. The van der Waals surface area contributed by atoms with Crippen LogP contribution < -0.4 is 0 Å². The summed E-state index contributed by atoms with van der Waals surface area (Å²) >= 11 is 6.22. The number of halogens is 1. The molecular weight excluding hydrogens is 350 g/mol. The molecule has 0 spiro atoms. The zero-order valence-corrected chi connectivity index (χ0v) is 14.4. The number of furan rings is 1. The van der Waals surface area contributed by atoms with Gasteiger partial charge >= 0.3 is 0 Å². The zero-order chi connectivity index (χ0) is 17.7. The van der Waals surface area contributed by atoms with E-state index in [0.29, 0.717) is 22.1 Å². The van der Waals surface area contributed by atoms with E-state index in [9.17, 15) is 4.79 Å². The lowest BCUT2D eigenvalue weighted by Crippen LogP contribution is -2.07. The number of Topliss-reactive ketones (excluding diaryl/α,β-unsaturated/α-hetero) is 1. The molecule has 4 aromatic rings. The highest BCUT2D eigenvalue weighted by atomic mass is 35.5. The van der Waals surface area contributed by atoms with Crippen molar-refractivity contribution in [3.63, 3.8) is 0 Å². The Labute approximate surface area is 154 Å². The molecule has 2 atom stereocenters. The quantitative estimate of drug-likeness (QED) is 0.390. The van der Waals surface area contributed by atoms with Gasteiger partial charge in [0.1, 0.15) is 17.6 Å². The lowest BCUT2D eigenvalue weighted by molar-refractivity contribution is 0.0955. The number of carbonyl (C=O) groups excluding carboxylic acids is 1. The smallest absolute Gasteiger partial charge is 0.196 e. The summed E-state index contributed by atoms with van der Waals surface area (Å²) in [6.07, 6.45) is 0.870. The number of ether oxygens (including phenoxy) is 1. The van der Waals surface area contributed by atoms with Crippen molar-refractivity contribution in [2.24, 2.45) is 0 Å². The van der Waals surface area contributed by atoms with Gasteiger partial charge in [-0.05, 0) is 30.3 Å². The van der Waals surface area contributed by atoms with Gasteiger partial charge in [0.05, 0.1) is 5.02 Å². The van der Waals surface area contributed by atoms with E-state index in [1.165, 1.54) is 0 Å². The Kier molecular flexibility index (Phi) is 3.48. The highest BCUT2D eigenvalue weighted by Crippen LogP contribution is 2.43. The molecule has 0 aliphatic carbocycles. The predicted octanol–water partition coefficient (Wildman–Crippen LogP) is 5.40. The summed E-state index contributed by atoms with van der Waals surface area (Å²) in [5, 5.41) is 1.53. The van der Waals surface area contributed by atoms with Gasteiger partial charge in [-0.2, -0.15) is 0 Å². The summed E-state index contributed by atoms with van der Waals surface area (Å²) in [6, 6.07) is 18.9. The molecule has 1 aliphatic rings. The average Bonchev–Trinajstić information content (AvgIpc) is 3.12. The molecule has 1 N–H and O–H groups in total. The topological polar surface area (TPSA) is 58.5 Å². The van der Waals surface area contributed by atoms with Gasteiger partial charge in [-0.15, -0.1) is 0 Å². The monoisotopic (exact) mass is 363 g/mol. The fourth-order valence-corrected chi connectivity index (χ4v) is 3.50. The highest BCUT2D eigenvalue weighted by molar-refractivity contribution is 6.33. The van der Waals surface area contributed by atoms with E-state index in [2.05, 4.69) is 4.98 Å². The lowest BCUT2D eigenvalue weighted by Gasteiger charge is -1.99. The SMILES string of the molecule is O=C(c1c[nH]c2ccccc12)[C@H]1O[C@H]1c1ccc(-c2ccccc2Cl)o1. The summed E-state index contributed by atoms with van der Waals surface area (Å²) in [7, 11) is 0. The third-order valence-electron chi connectivity index (χ3n) is 4.65. The van der Waals surface area contributed by atoms with E-state index in [0.717, 1.165) is 16.5 Å². The maximum Gasteiger partial charge on any atom is 0.196 e. The van der Waals surface area contributed by atoms with E-state index in [4.69, 9.17) is 20.8 Å². The molecule has 1 aliphatic heterocycles. The predicted molar refractivity (Wildman–Crippen MR) is 99.4 cm³/mol. The van der Waals surface area contributed by atoms with E-state index in [-0.39, 0.29) is 11.9 Å². The standard InChI is InChI=1S/C21H14ClNO3/c22-15-7-3-1-6-13(15)17-9-10-18(25-17)20-21(26-20)19(24)14-11-23-16-8-4-2-5-12(14)16/h1-11,20-21,23H/t20-,21+/m0/s1. The number of ketones is 1. The molecular formula is C21H14ClNO3. The van der Waals surface area contributed by atoms with Crippen LogP contribution >= 0.6 is 11.6 Å². The maximum atomic E-state index is 12.8. The third-order valence-corrected chi connectivity index (χ3v) is 4.98. The number of hydrogen-bond acceptors (Lipinski definition) is 3. The van der Waals surface area contributed by atoms with Crippen molar-refractivity contribution < 1.29 is 13.9 Å². The fraction of sp³-hybridized carbons (Fsp3) is 0.0952. The summed E-state index contributed by atoms with van der Waals surface area (Å²) in [5.41, 5.74) is 2.40. The molecule has 128 valence electrons. The van der Waals surface area contributed by atoms with Crippen LogP contribution in [0.5, 0.6) is 0 Å². The minimum absolute atomic E-state index is 0.0388. The van der Waals surface area contributed by atoms with Crippen LogP contribution in [-0.2, 0) is 4.74 Å². The molecule has 2 aromatic heterocycles. The molecule has 0 unspecified atom stereocenters. The summed E-state index contributed by atoms with van der Waals surface area (Å²) < 4.78 is 11.5. The second-order valence-electron chi connectivity index (χ2n) is 6.27. The molecule has 0 amide bonds. The minimum Gasteiger partial charge on any atom is -0.458 e. The third kappa shape index (κ3) is 2.46. The number of para-hydroxylation sites is 1. The number of fused-ring (bicyclic) bond motifs is 1. The van der Waals surface area contributed by atoms with Crippen molar-refractivity contribution in [1.29, 1.82) is 0 Å². The molecule has 2 aromatic carbocycles. The first-order chi connectivity index (χ1) is 12.7. The Bertz CT molecular complexity index is 1130. The van der Waals surface area contributed by atoms with Crippen molar-refractivity contribution in [3.05, 3.63) is 83.2 Å². The minimum atomic E-state index is -0.514. The van der Waals surface area contributed by atoms with Gasteiger partial charge in [0, 0.05) is 28.2 Å². The van der Waals surface area contributed by atoms with Crippen LogP contribution in [0.1, 0.15) is 22.2 Å². The van der Waals surface area contributed by atoms with Crippen LogP contribution in [0.4, 0.5) is 0 Å². The number of aromatic nitrogens is 1. The van der Waals surface area contributed by atoms with Gasteiger partial charge in [0.25, 0.3) is 0 Å². The van der Waals surface area contributed by atoms with Crippen molar-refractivity contribution in [1.82, 2.24) is 4.98 Å². The van der Waals surface area contributed by atoms with Crippen molar-refractivity contribution >= 4 is 28.3 Å². The molecule has 1 fully saturated rings. The number of nitrogens with one attached hydrogen (secondary N) is 1. The van der Waals surface area contributed by atoms with Crippen LogP contribution in [0.25, 0.3) is 22.2 Å². The lowest BCUT2D eigenvalue weighted by atomic mass is 10.0. The van der Waals surface area contributed by atoms with Crippen molar-refractivity contribution in [2.75, 3.05) is 0 Å². The Morgan fingerprint density at radius 3 is 2.69 bits per heavy atom. The van der Waals surface area contributed by atoms with Gasteiger partial charge in [-0.3, -0.25) is 4.79 Å². The number of epoxide rings is 1. The number of hydrogen-bond donors (Lipinski definition) is 1. The highest BCUT2D eigenvalue weighted by Gasteiger charge is 2.48. The summed E-state index contributed by atoms with van der Waals surface area (Å²) in [6.45, 7) is 0. The van der Waals surface area contributed by atoms with E-state index in [1.807, 2.05) is 60.7 Å². The van der Waals surface area contributed by atoms with Gasteiger partial charge in [-0.1, -0.05) is 41.9 Å². The first-order valence-corrected chi connectivity index (χ1v) is 8.70. The van der Waals surface area contributed by atoms with E-state index >= 15 is 0 Å².